The van der Waals surface area contributed by atoms with Crippen LogP contribution >= 0.6 is 23.4 Å². The van der Waals surface area contributed by atoms with Crippen molar-refractivity contribution in [2.45, 2.75) is 17.0 Å². The van der Waals surface area contributed by atoms with Gasteiger partial charge in [-0.2, -0.15) is 13.2 Å². The minimum absolute atomic E-state index is 0.391. The van der Waals surface area contributed by atoms with E-state index in [4.69, 9.17) is 11.6 Å². The first-order valence-corrected chi connectivity index (χ1v) is 6.58. The Hall–Kier alpha value is -1.27. The summed E-state index contributed by atoms with van der Waals surface area (Å²) >= 11 is 7.19. The van der Waals surface area contributed by atoms with Gasteiger partial charge in [-0.3, -0.25) is 0 Å². The summed E-state index contributed by atoms with van der Waals surface area (Å²) in [6, 6.07) is 5.92. The molecule has 0 saturated heterocycles. The maximum atomic E-state index is 12.4. The number of pyridine rings is 2. The molecule has 0 aliphatic rings. The zero-order chi connectivity index (χ0) is 13.9. The SMILES string of the molecule is FC(F)(F)c1ccc(SCc2cccnc2Cl)nc1. The van der Waals surface area contributed by atoms with Gasteiger partial charge in [-0.25, -0.2) is 9.97 Å². The van der Waals surface area contributed by atoms with Crippen molar-refractivity contribution in [3.8, 4) is 0 Å². The van der Waals surface area contributed by atoms with Gasteiger partial charge >= 0.3 is 6.18 Å². The second-order valence-electron chi connectivity index (χ2n) is 3.62. The van der Waals surface area contributed by atoms with Gasteiger partial charge in [0, 0.05) is 18.1 Å². The molecule has 0 N–H and O–H groups in total. The predicted octanol–water partition coefficient (Wildman–Crippen LogP) is 4.44. The van der Waals surface area contributed by atoms with Crippen molar-refractivity contribution in [2.75, 3.05) is 0 Å². The molecule has 100 valence electrons. The van der Waals surface area contributed by atoms with Crippen LogP contribution in [0.2, 0.25) is 5.15 Å². The molecular weight excluding hydrogens is 297 g/mol. The van der Waals surface area contributed by atoms with E-state index in [9.17, 15) is 13.2 Å². The number of aromatic nitrogens is 2. The van der Waals surface area contributed by atoms with Crippen LogP contribution in [-0.4, -0.2) is 9.97 Å². The number of alkyl halides is 3. The van der Waals surface area contributed by atoms with Gasteiger partial charge in [0.15, 0.2) is 0 Å². The maximum absolute atomic E-state index is 12.4. The number of rotatable bonds is 3. The quantitative estimate of drug-likeness (QED) is 0.619. The lowest BCUT2D eigenvalue weighted by Gasteiger charge is -2.07. The Morgan fingerprint density at radius 1 is 1.16 bits per heavy atom. The van der Waals surface area contributed by atoms with Crippen molar-refractivity contribution in [3.63, 3.8) is 0 Å². The molecule has 0 spiro atoms. The minimum atomic E-state index is -4.36. The van der Waals surface area contributed by atoms with E-state index in [2.05, 4.69) is 9.97 Å². The molecule has 0 aliphatic carbocycles. The van der Waals surface area contributed by atoms with Crippen molar-refractivity contribution in [1.82, 2.24) is 9.97 Å². The zero-order valence-corrected chi connectivity index (χ0v) is 11.1. The smallest absolute Gasteiger partial charge is 0.249 e. The first-order chi connectivity index (χ1) is 8.97. The number of nitrogens with zero attached hydrogens (tertiary/aromatic N) is 2. The van der Waals surface area contributed by atoms with Crippen molar-refractivity contribution < 1.29 is 13.2 Å². The van der Waals surface area contributed by atoms with Crippen LogP contribution in [-0.2, 0) is 11.9 Å². The molecule has 2 rings (SSSR count). The summed E-state index contributed by atoms with van der Waals surface area (Å²) in [5.41, 5.74) is 0.0622. The molecule has 7 heteroatoms. The third-order valence-electron chi connectivity index (χ3n) is 2.28. The second-order valence-corrected chi connectivity index (χ2v) is 4.98. The topological polar surface area (TPSA) is 25.8 Å². The first kappa shape index (κ1) is 14.1. The van der Waals surface area contributed by atoms with Crippen LogP contribution in [0.15, 0.2) is 41.7 Å². The largest absolute Gasteiger partial charge is 0.417 e. The maximum Gasteiger partial charge on any atom is 0.417 e. The fourth-order valence-electron chi connectivity index (χ4n) is 1.31. The molecule has 2 nitrogen and oxygen atoms in total. The number of hydrogen-bond acceptors (Lipinski definition) is 3. The van der Waals surface area contributed by atoms with Crippen LogP contribution in [0.5, 0.6) is 0 Å². The van der Waals surface area contributed by atoms with Crippen molar-refractivity contribution in [3.05, 3.63) is 52.9 Å². The fourth-order valence-corrected chi connectivity index (χ4v) is 2.41. The summed E-state index contributed by atoms with van der Waals surface area (Å²) in [4.78, 5) is 7.69. The number of thioether (sulfide) groups is 1. The normalized spacial score (nSPS) is 11.6. The first-order valence-electron chi connectivity index (χ1n) is 5.22. The predicted molar refractivity (Wildman–Crippen MR) is 68.0 cm³/mol. The lowest BCUT2D eigenvalue weighted by Crippen LogP contribution is -2.05. The van der Waals surface area contributed by atoms with Crippen molar-refractivity contribution in [2.24, 2.45) is 0 Å². The monoisotopic (exact) mass is 304 g/mol. The summed E-state index contributed by atoms with van der Waals surface area (Å²) in [7, 11) is 0. The van der Waals surface area contributed by atoms with Crippen LogP contribution < -0.4 is 0 Å². The third-order valence-corrected chi connectivity index (χ3v) is 3.61. The number of halogens is 4. The van der Waals surface area contributed by atoms with Crippen LogP contribution in [0, 0.1) is 0 Å². The summed E-state index contributed by atoms with van der Waals surface area (Å²) < 4.78 is 37.1. The molecule has 0 amide bonds. The molecule has 0 aromatic carbocycles. The van der Waals surface area contributed by atoms with E-state index in [1.165, 1.54) is 17.8 Å². The van der Waals surface area contributed by atoms with E-state index in [-0.39, 0.29) is 0 Å². The average molecular weight is 305 g/mol. The Kier molecular flexibility index (Phi) is 4.31. The molecule has 2 aromatic rings. The van der Waals surface area contributed by atoms with Crippen molar-refractivity contribution in [1.29, 1.82) is 0 Å². The molecule has 19 heavy (non-hydrogen) atoms. The molecule has 0 radical (unpaired) electrons. The zero-order valence-electron chi connectivity index (χ0n) is 9.49. The average Bonchev–Trinajstić information content (AvgIpc) is 2.37. The molecule has 0 atom stereocenters. The fraction of sp³-hybridized carbons (Fsp3) is 0.167. The van der Waals surface area contributed by atoms with Gasteiger partial charge in [-0.1, -0.05) is 17.7 Å². The molecule has 0 unspecified atom stereocenters. The number of hydrogen-bond donors (Lipinski definition) is 0. The summed E-state index contributed by atoms with van der Waals surface area (Å²) in [6.45, 7) is 0. The Morgan fingerprint density at radius 2 is 1.95 bits per heavy atom. The van der Waals surface area contributed by atoms with Gasteiger partial charge in [0.25, 0.3) is 0 Å². The van der Waals surface area contributed by atoms with Crippen LogP contribution in [0.25, 0.3) is 0 Å². The van der Waals surface area contributed by atoms with Gasteiger partial charge in [0.2, 0.25) is 0 Å². The van der Waals surface area contributed by atoms with E-state index < -0.39 is 11.7 Å². The summed E-state index contributed by atoms with van der Waals surface area (Å²) in [6.07, 6.45) is -1.96. The molecule has 0 bridgehead atoms. The highest BCUT2D eigenvalue weighted by molar-refractivity contribution is 7.98. The van der Waals surface area contributed by atoms with Gasteiger partial charge in [0.05, 0.1) is 10.6 Å². The van der Waals surface area contributed by atoms with Crippen molar-refractivity contribution >= 4 is 23.4 Å². The van der Waals surface area contributed by atoms with Gasteiger partial charge in [0.1, 0.15) is 5.15 Å². The van der Waals surface area contributed by atoms with Crippen LogP contribution in [0.3, 0.4) is 0 Å². The molecule has 0 saturated carbocycles. The lowest BCUT2D eigenvalue weighted by atomic mass is 10.3. The van der Waals surface area contributed by atoms with E-state index in [0.29, 0.717) is 15.9 Å². The second kappa shape index (κ2) is 5.79. The van der Waals surface area contributed by atoms with Crippen LogP contribution in [0.4, 0.5) is 13.2 Å². The molecular formula is C12H8ClF3N2S. The van der Waals surface area contributed by atoms with E-state index in [0.717, 1.165) is 17.8 Å². The van der Waals surface area contributed by atoms with Gasteiger partial charge in [-0.05, 0) is 23.8 Å². The molecule has 2 aromatic heterocycles. The lowest BCUT2D eigenvalue weighted by molar-refractivity contribution is -0.137. The molecule has 2 heterocycles. The Bertz CT molecular complexity index is 558. The Morgan fingerprint density at radius 3 is 2.53 bits per heavy atom. The Balaban J connectivity index is 2.03. The molecule has 0 fully saturated rings. The van der Waals surface area contributed by atoms with Gasteiger partial charge < -0.3 is 0 Å². The minimum Gasteiger partial charge on any atom is -0.249 e. The Labute approximate surface area is 117 Å². The van der Waals surface area contributed by atoms with Crippen LogP contribution in [0.1, 0.15) is 11.1 Å². The summed E-state index contributed by atoms with van der Waals surface area (Å²) in [5.74, 6) is 0.505. The summed E-state index contributed by atoms with van der Waals surface area (Å²) in [5, 5.41) is 0.898. The van der Waals surface area contributed by atoms with Gasteiger partial charge in [-0.15, -0.1) is 11.8 Å². The highest BCUT2D eigenvalue weighted by Gasteiger charge is 2.30. The van der Waals surface area contributed by atoms with E-state index in [1.807, 2.05) is 6.07 Å². The van der Waals surface area contributed by atoms with E-state index in [1.54, 1.807) is 12.3 Å². The van der Waals surface area contributed by atoms with E-state index >= 15 is 0 Å². The highest BCUT2D eigenvalue weighted by Crippen LogP contribution is 2.30. The highest BCUT2D eigenvalue weighted by atomic mass is 35.5. The molecule has 0 aliphatic heterocycles. The third kappa shape index (κ3) is 3.84. The standard InChI is InChI=1S/C12H8ClF3N2S/c13-11-8(2-1-5-17-11)7-19-10-4-3-9(6-18-10)12(14,15)16/h1-6H,7H2.